The van der Waals surface area contributed by atoms with Crippen LogP contribution >= 0.6 is 11.6 Å². The van der Waals surface area contributed by atoms with Crippen LogP contribution < -0.4 is 19.7 Å². The minimum Gasteiger partial charge on any atom is -0.490 e. The Morgan fingerprint density at radius 3 is 2.67 bits per heavy atom. The van der Waals surface area contributed by atoms with Gasteiger partial charge >= 0.3 is 6.09 Å². The summed E-state index contributed by atoms with van der Waals surface area (Å²) in [6, 6.07) is 11.3. The normalized spacial score (nSPS) is 29.7. The lowest BCUT2D eigenvalue weighted by Gasteiger charge is -2.46. The number of nitrogens with one attached hydrogen (secondary N) is 2. The quantitative estimate of drug-likeness (QED) is 0.431. The van der Waals surface area contributed by atoms with Crippen LogP contribution in [0.1, 0.15) is 57.6 Å². The number of halogens is 1. The number of rotatable bonds is 3. The Kier molecular flexibility index (Phi) is 9.83. The van der Waals surface area contributed by atoms with Crippen LogP contribution in [0.4, 0.5) is 10.5 Å². The first-order valence-electron chi connectivity index (χ1n) is 18.3. The van der Waals surface area contributed by atoms with Crippen LogP contribution in [0.5, 0.6) is 5.75 Å². The van der Waals surface area contributed by atoms with E-state index in [-0.39, 0.29) is 34.3 Å². The van der Waals surface area contributed by atoms with E-state index >= 15 is 0 Å². The number of aryl methyl sites for hydroxylation is 1. The van der Waals surface area contributed by atoms with Crippen molar-refractivity contribution in [3.05, 3.63) is 64.7 Å². The van der Waals surface area contributed by atoms with Gasteiger partial charge in [0.15, 0.2) is 0 Å². The summed E-state index contributed by atoms with van der Waals surface area (Å²) in [5, 5.41) is 3.92. The van der Waals surface area contributed by atoms with Gasteiger partial charge in [0, 0.05) is 55.1 Å². The molecule has 11 nitrogen and oxygen atoms in total. The maximum atomic E-state index is 13.9. The van der Waals surface area contributed by atoms with Crippen molar-refractivity contribution in [3.8, 4) is 5.75 Å². The Hall–Kier alpha value is -3.32. The minimum atomic E-state index is -4.21. The fourth-order valence-electron chi connectivity index (χ4n) is 8.59. The predicted octanol–water partition coefficient (Wildman–Crippen LogP) is 4.72. The summed E-state index contributed by atoms with van der Waals surface area (Å²) in [7, 11) is -2.32. The van der Waals surface area contributed by atoms with Gasteiger partial charge in [-0.25, -0.2) is 17.9 Å². The summed E-state index contributed by atoms with van der Waals surface area (Å²) < 4.78 is 43.0. The Labute approximate surface area is 306 Å². The maximum Gasteiger partial charge on any atom is 0.410 e. The summed E-state index contributed by atoms with van der Waals surface area (Å²) in [5.74, 6) is 0.228. The highest BCUT2D eigenvalue weighted by atomic mass is 35.5. The summed E-state index contributed by atoms with van der Waals surface area (Å²) in [6.07, 6.45) is 7.85. The molecule has 5 aliphatic rings. The second-order valence-corrected chi connectivity index (χ2v) is 17.6. The zero-order valence-electron chi connectivity index (χ0n) is 30.0. The molecule has 51 heavy (non-hydrogen) atoms. The molecule has 2 aromatic rings. The van der Waals surface area contributed by atoms with Gasteiger partial charge in [0.05, 0.1) is 22.7 Å². The number of ether oxygens (including phenoxy) is 2. The lowest BCUT2D eigenvalue weighted by atomic mass is 9.68. The number of hydrogen-bond donors (Lipinski definition) is 2. The third kappa shape index (κ3) is 6.84. The van der Waals surface area contributed by atoms with Crippen LogP contribution in [0.3, 0.4) is 0 Å². The van der Waals surface area contributed by atoms with Crippen molar-refractivity contribution < 1.29 is 27.5 Å². The van der Waals surface area contributed by atoms with Gasteiger partial charge in [0.2, 0.25) is 0 Å². The van der Waals surface area contributed by atoms with Crippen molar-refractivity contribution in [3.63, 3.8) is 0 Å². The van der Waals surface area contributed by atoms with Crippen molar-refractivity contribution in [2.45, 2.75) is 80.9 Å². The van der Waals surface area contributed by atoms with Gasteiger partial charge in [-0.3, -0.25) is 9.69 Å². The second kappa shape index (κ2) is 13.9. The molecule has 3 heterocycles. The van der Waals surface area contributed by atoms with E-state index in [9.17, 15) is 18.0 Å². The lowest BCUT2D eigenvalue weighted by molar-refractivity contribution is -0.129. The van der Waals surface area contributed by atoms with Crippen molar-refractivity contribution in [2.75, 3.05) is 57.8 Å². The van der Waals surface area contributed by atoms with Gasteiger partial charge in [0.25, 0.3) is 15.9 Å². The molecule has 2 fully saturated rings. The van der Waals surface area contributed by atoms with E-state index in [0.717, 1.165) is 32.1 Å². The van der Waals surface area contributed by atoms with Gasteiger partial charge < -0.3 is 24.6 Å². The zero-order valence-corrected chi connectivity index (χ0v) is 31.6. The molecule has 2 bridgehead atoms. The zero-order chi connectivity index (χ0) is 36.1. The van der Waals surface area contributed by atoms with Gasteiger partial charge in [0.1, 0.15) is 11.9 Å². The first kappa shape index (κ1) is 36.1. The van der Waals surface area contributed by atoms with E-state index in [1.54, 1.807) is 30.9 Å². The van der Waals surface area contributed by atoms with Crippen molar-refractivity contribution in [1.29, 1.82) is 0 Å². The SMILES string of the molecule is CCN1C/C=C/[C@H](OC(=O)N2CC(NC)C2)[C@@H]2CC[C@H]2CN2C[C@@]3(CCCc4cc(Cl)ccc43)COc3ccc(cc32)S(=O)(=O)NC(=O)C1(C)C. The lowest BCUT2D eigenvalue weighted by Crippen LogP contribution is -2.59. The first-order chi connectivity index (χ1) is 24.3. The third-order valence-corrected chi connectivity index (χ3v) is 13.6. The molecule has 2 N–H and O–H groups in total. The molecule has 0 unspecified atom stereocenters. The number of carbonyl (C=O) groups is 2. The third-order valence-electron chi connectivity index (χ3n) is 12.1. The number of likely N-dealkylation sites (N-methyl/N-ethyl adjacent to an activating group) is 2. The number of carbonyl (C=O) groups excluding carboxylic acids is 2. The van der Waals surface area contributed by atoms with Crippen LogP contribution in [0.25, 0.3) is 0 Å². The van der Waals surface area contributed by atoms with Crippen LogP contribution in [0.15, 0.2) is 53.4 Å². The summed E-state index contributed by atoms with van der Waals surface area (Å²) >= 11 is 6.45. The minimum absolute atomic E-state index is 0.00667. The molecule has 1 spiro atoms. The number of amides is 2. The number of nitrogens with zero attached hydrogens (tertiary/aromatic N) is 3. The molecule has 1 saturated heterocycles. The maximum absolute atomic E-state index is 13.9. The van der Waals surface area contributed by atoms with E-state index in [0.29, 0.717) is 62.3 Å². The molecule has 276 valence electrons. The second-order valence-electron chi connectivity index (χ2n) is 15.4. The molecule has 2 amide bonds. The molecular formula is C38H50ClN5O6S. The summed E-state index contributed by atoms with van der Waals surface area (Å²) in [5.41, 5.74) is 1.62. The van der Waals surface area contributed by atoms with Crippen LogP contribution in [0.2, 0.25) is 5.02 Å². The topological polar surface area (TPSA) is 121 Å². The van der Waals surface area contributed by atoms with Crippen LogP contribution in [0, 0.1) is 11.8 Å². The number of hydrogen-bond acceptors (Lipinski definition) is 9. The fraction of sp³-hybridized carbons (Fsp3) is 0.579. The Balaban J connectivity index is 1.29. The summed E-state index contributed by atoms with van der Waals surface area (Å²) in [4.78, 5) is 33.0. The molecule has 0 radical (unpaired) electrons. The number of sulfonamides is 1. The standard InChI is InChI=1S/C38H50ClN5O6S/c1-5-44-17-7-9-33(50-36(46)42-21-28(22-42)40-4)30-13-10-26(30)20-43-23-38(16-6-8-25-18-27(39)11-14-31(25)38)24-49-34-15-12-29(19-32(34)43)51(47,48)41-35(45)37(44,2)3/h7,9,11-12,14-15,18-19,26,28,30,33,40H,5-6,8,10,13,16-17,20-24H2,1-4H3,(H,41,45)/b9-7+/t26-,30+,33-,38-/m0/s1. The van der Waals surface area contributed by atoms with Gasteiger partial charge in [-0.15, -0.1) is 0 Å². The molecule has 2 aliphatic carbocycles. The molecule has 4 atom stereocenters. The predicted molar refractivity (Wildman–Crippen MR) is 197 cm³/mol. The Bertz CT molecular complexity index is 1810. The van der Waals surface area contributed by atoms with E-state index in [2.05, 4.69) is 27.1 Å². The molecule has 13 heteroatoms. The highest BCUT2D eigenvalue weighted by molar-refractivity contribution is 7.90. The van der Waals surface area contributed by atoms with Crippen molar-refractivity contribution >= 4 is 39.3 Å². The van der Waals surface area contributed by atoms with Crippen LogP contribution in [-0.2, 0) is 31.4 Å². The van der Waals surface area contributed by atoms with Gasteiger partial charge in [-0.1, -0.05) is 30.7 Å². The average molecular weight is 740 g/mol. The molecule has 7 rings (SSSR count). The van der Waals surface area contributed by atoms with Gasteiger partial charge in [-0.05, 0) is 113 Å². The molecule has 3 aliphatic heterocycles. The number of fused-ring (bicyclic) bond motifs is 4. The fourth-order valence-corrected chi connectivity index (χ4v) is 9.91. The largest absolute Gasteiger partial charge is 0.490 e. The molecule has 2 aromatic carbocycles. The average Bonchev–Trinajstić information content (AvgIpc) is 3.20. The first-order valence-corrected chi connectivity index (χ1v) is 20.1. The van der Waals surface area contributed by atoms with E-state index < -0.39 is 27.6 Å². The number of likely N-dealkylation sites (tertiary alicyclic amines) is 1. The number of anilines is 1. The summed E-state index contributed by atoms with van der Waals surface area (Å²) in [6.45, 7) is 9.16. The van der Waals surface area contributed by atoms with Gasteiger partial charge in [-0.2, -0.15) is 0 Å². The van der Waals surface area contributed by atoms with Crippen LogP contribution in [-0.4, -0.2) is 101 Å². The van der Waals surface area contributed by atoms with E-state index in [4.69, 9.17) is 21.1 Å². The van der Waals surface area contributed by atoms with Crippen molar-refractivity contribution in [1.82, 2.24) is 19.8 Å². The number of benzene rings is 2. The smallest absolute Gasteiger partial charge is 0.410 e. The highest BCUT2D eigenvalue weighted by Gasteiger charge is 2.46. The van der Waals surface area contributed by atoms with E-state index in [1.165, 1.54) is 17.2 Å². The Morgan fingerprint density at radius 1 is 1.14 bits per heavy atom. The monoisotopic (exact) mass is 739 g/mol. The molecular weight excluding hydrogens is 690 g/mol. The molecule has 0 aromatic heterocycles. The highest BCUT2D eigenvalue weighted by Crippen LogP contribution is 2.47. The van der Waals surface area contributed by atoms with E-state index in [1.807, 2.05) is 37.1 Å². The molecule has 1 saturated carbocycles. The van der Waals surface area contributed by atoms with Crippen molar-refractivity contribution in [2.24, 2.45) is 11.8 Å². The Morgan fingerprint density at radius 2 is 1.94 bits per heavy atom.